The molecule has 122 valence electrons. The molecule has 1 amide bonds. The van der Waals surface area contributed by atoms with Gasteiger partial charge in [0.2, 0.25) is 11.9 Å². The second-order valence-corrected chi connectivity index (χ2v) is 6.61. The maximum atomic E-state index is 11.1. The highest BCUT2D eigenvalue weighted by Gasteiger charge is 2.30. The number of hydrogen-bond acceptors (Lipinski definition) is 5. The number of likely N-dealkylation sites (tertiary alicyclic amines) is 1. The predicted octanol–water partition coefficient (Wildman–Crippen LogP) is 0.577. The topological polar surface area (TPSA) is 66.3 Å². The van der Waals surface area contributed by atoms with Crippen molar-refractivity contribution in [1.82, 2.24) is 24.6 Å². The third-order valence-electron chi connectivity index (χ3n) is 4.96. The van der Waals surface area contributed by atoms with Crippen LogP contribution in [0.5, 0.6) is 0 Å². The number of rotatable bonds is 3. The Morgan fingerprint density at radius 3 is 2.68 bits per heavy atom. The summed E-state index contributed by atoms with van der Waals surface area (Å²) in [7, 11) is 4.44. The van der Waals surface area contributed by atoms with Gasteiger partial charge in [0.1, 0.15) is 5.82 Å². The highest BCUT2D eigenvalue weighted by Crippen LogP contribution is 2.23. The van der Waals surface area contributed by atoms with Crippen LogP contribution in [0.4, 0.5) is 5.95 Å². The minimum atomic E-state index is -0.122. The molecule has 1 aromatic heterocycles. The summed E-state index contributed by atoms with van der Waals surface area (Å²) in [5, 5.41) is 7.09. The number of carbonyl (C=O) groups is 1. The molecule has 0 bridgehead atoms. The number of amides is 1. The molecule has 3 rings (SSSR count). The maximum absolute atomic E-state index is 11.1. The molecule has 1 aromatic rings. The van der Waals surface area contributed by atoms with E-state index >= 15 is 0 Å². The van der Waals surface area contributed by atoms with Crippen molar-refractivity contribution in [2.24, 2.45) is 0 Å². The standard InChI is InChI=1S/C15H26N6O/c1-11(22)16-15-17-14-5-4-13(10-21(14)18-15)20(3)12-6-8-19(2)9-7-12/h12-13H,4-10H2,1-3H3,(H,16,18,22). The normalized spacial score (nSPS) is 23.5. The van der Waals surface area contributed by atoms with Gasteiger partial charge in [0, 0.05) is 25.4 Å². The minimum Gasteiger partial charge on any atom is -0.306 e. The molecule has 22 heavy (non-hydrogen) atoms. The van der Waals surface area contributed by atoms with Gasteiger partial charge in [-0.05, 0) is 46.4 Å². The van der Waals surface area contributed by atoms with E-state index in [-0.39, 0.29) is 5.91 Å². The highest BCUT2D eigenvalue weighted by molar-refractivity contribution is 5.86. The lowest BCUT2D eigenvalue weighted by atomic mass is 9.99. The number of anilines is 1. The van der Waals surface area contributed by atoms with Gasteiger partial charge < -0.3 is 4.90 Å². The van der Waals surface area contributed by atoms with Crippen LogP contribution in [-0.2, 0) is 17.8 Å². The summed E-state index contributed by atoms with van der Waals surface area (Å²) in [6.07, 6.45) is 4.52. The Hall–Kier alpha value is -1.47. The summed E-state index contributed by atoms with van der Waals surface area (Å²) in [5.74, 6) is 1.30. The Labute approximate surface area is 131 Å². The van der Waals surface area contributed by atoms with E-state index in [0.29, 0.717) is 18.0 Å². The zero-order valence-corrected chi connectivity index (χ0v) is 13.7. The molecule has 1 saturated heterocycles. The molecule has 1 fully saturated rings. The molecular formula is C15H26N6O. The van der Waals surface area contributed by atoms with E-state index < -0.39 is 0 Å². The average molecular weight is 306 g/mol. The minimum absolute atomic E-state index is 0.122. The van der Waals surface area contributed by atoms with Crippen molar-refractivity contribution in [3.63, 3.8) is 0 Å². The van der Waals surface area contributed by atoms with E-state index in [9.17, 15) is 4.79 Å². The van der Waals surface area contributed by atoms with Gasteiger partial charge in [-0.2, -0.15) is 4.98 Å². The lowest BCUT2D eigenvalue weighted by Crippen LogP contribution is -2.49. The second kappa shape index (κ2) is 6.34. The third-order valence-corrected chi connectivity index (χ3v) is 4.96. The van der Waals surface area contributed by atoms with Crippen molar-refractivity contribution in [2.45, 2.75) is 51.2 Å². The van der Waals surface area contributed by atoms with Crippen LogP contribution < -0.4 is 5.32 Å². The molecule has 0 saturated carbocycles. The van der Waals surface area contributed by atoms with E-state index in [0.717, 1.165) is 25.2 Å². The Bertz CT molecular complexity index is 534. The third kappa shape index (κ3) is 3.30. The number of likely N-dealkylation sites (N-methyl/N-ethyl adjacent to an activating group) is 1. The summed E-state index contributed by atoms with van der Waals surface area (Å²) in [4.78, 5) is 20.5. The number of hydrogen-bond donors (Lipinski definition) is 1. The van der Waals surface area contributed by atoms with E-state index in [1.165, 1.54) is 32.9 Å². The number of piperidine rings is 1. The molecule has 0 aromatic carbocycles. The van der Waals surface area contributed by atoms with Crippen LogP contribution in [0.1, 0.15) is 32.0 Å². The van der Waals surface area contributed by atoms with Gasteiger partial charge in [-0.3, -0.25) is 15.0 Å². The molecule has 1 atom stereocenters. The Morgan fingerprint density at radius 1 is 1.27 bits per heavy atom. The largest absolute Gasteiger partial charge is 0.306 e. The monoisotopic (exact) mass is 306 g/mol. The molecule has 1 N–H and O–H groups in total. The van der Waals surface area contributed by atoms with E-state index in [4.69, 9.17) is 0 Å². The SMILES string of the molecule is CC(=O)Nc1nc2n(n1)CC(N(C)C1CCN(C)CC1)CC2. The highest BCUT2D eigenvalue weighted by atomic mass is 16.1. The van der Waals surface area contributed by atoms with Crippen molar-refractivity contribution in [3.05, 3.63) is 5.82 Å². The molecule has 0 radical (unpaired) electrons. The average Bonchev–Trinajstić information content (AvgIpc) is 2.87. The van der Waals surface area contributed by atoms with Crippen molar-refractivity contribution in [3.8, 4) is 0 Å². The fourth-order valence-electron chi connectivity index (χ4n) is 3.54. The number of carbonyl (C=O) groups excluding carboxylic acids is 1. The van der Waals surface area contributed by atoms with Crippen LogP contribution >= 0.6 is 0 Å². The van der Waals surface area contributed by atoms with Crippen LogP contribution in [0.25, 0.3) is 0 Å². The summed E-state index contributed by atoms with van der Waals surface area (Å²) < 4.78 is 1.96. The zero-order valence-electron chi connectivity index (χ0n) is 13.7. The van der Waals surface area contributed by atoms with E-state index in [2.05, 4.69) is 39.3 Å². The van der Waals surface area contributed by atoms with Gasteiger partial charge in [-0.15, -0.1) is 5.10 Å². The first-order valence-corrected chi connectivity index (χ1v) is 8.14. The van der Waals surface area contributed by atoms with Gasteiger partial charge in [-0.25, -0.2) is 4.68 Å². The number of fused-ring (bicyclic) bond motifs is 1. The zero-order chi connectivity index (χ0) is 15.7. The first-order valence-electron chi connectivity index (χ1n) is 8.14. The first-order chi connectivity index (χ1) is 10.5. The summed E-state index contributed by atoms with van der Waals surface area (Å²) >= 11 is 0. The molecule has 7 heteroatoms. The van der Waals surface area contributed by atoms with E-state index in [1.807, 2.05) is 4.68 Å². The lowest BCUT2D eigenvalue weighted by Gasteiger charge is -2.40. The Balaban J connectivity index is 1.63. The van der Waals surface area contributed by atoms with Crippen molar-refractivity contribution >= 4 is 11.9 Å². The van der Waals surface area contributed by atoms with Gasteiger partial charge >= 0.3 is 0 Å². The number of nitrogens with one attached hydrogen (secondary N) is 1. The molecule has 0 aliphatic carbocycles. The number of aromatic nitrogens is 3. The molecule has 1 unspecified atom stereocenters. The van der Waals surface area contributed by atoms with Gasteiger partial charge in [0.15, 0.2) is 0 Å². The lowest BCUT2D eigenvalue weighted by molar-refractivity contribution is -0.114. The maximum Gasteiger partial charge on any atom is 0.248 e. The number of aryl methyl sites for hydroxylation is 1. The van der Waals surface area contributed by atoms with Gasteiger partial charge in [-0.1, -0.05) is 0 Å². The number of nitrogens with zero attached hydrogens (tertiary/aromatic N) is 5. The molecule has 2 aliphatic rings. The van der Waals surface area contributed by atoms with Crippen molar-refractivity contribution in [2.75, 3.05) is 32.5 Å². The summed E-state index contributed by atoms with van der Waals surface area (Å²) in [6.45, 7) is 4.72. The smallest absolute Gasteiger partial charge is 0.248 e. The first kappa shape index (κ1) is 15.4. The Kier molecular flexibility index (Phi) is 4.44. The van der Waals surface area contributed by atoms with Gasteiger partial charge in [0.05, 0.1) is 6.54 Å². The quantitative estimate of drug-likeness (QED) is 0.885. The van der Waals surface area contributed by atoms with E-state index in [1.54, 1.807) is 0 Å². The van der Waals surface area contributed by atoms with Crippen LogP contribution in [0.15, 0.2) is 0 Å². The second-order valence-electron chi connectivity index (χ2n) is 6.61. The van der Waals surface area contributed by atoms with Crippen molar-refractivity contribution in [1.29, 1.82) is 0 Å². The summed E-state index contributed by atoms with van der Waals surface area (Å²) in [5.41, 5.74) is 0. The van der Waals surface area contributed by atoms with Crippen LogP contribution in [0, 0.1) is 0 Å². The fraction of sp³-hybridized carbons (Fsp3) is 0.800. The predicted molar refractivity (Wildman–Crippen MR) is 84.7 cm³/mol. The van der Waals surface area contributed by atoms with Crippen LogP contribution in [0.3, 0.4) is 0 Å². The van der Waals surface area contributed by atoms with Gasteiger partial charge in [0.25, 0.3) is 0 Å². The summed E-state index contributed by atoms with van der Waals surface area (Å²) in [6, 6.07) is 1.17. The molecule has 0 spiro atoms. The Morgan fingerprint density at radius 2 is 2.00 bits per heavy atom. The fourth-order valence-corrected chi connectivity index (χ4v) is 3.54. The van der Waals surface area contributed by atoms with Crippen LogP contribution in [-0.4, -0.2) is 69.7 Å². The van der Waals surface area contributed by atoms with Crippen molar-refractivity contribution < 1.29 is 4.79 Å². The molecule has 2 aliphatic heterocycles. The van der Waals surface area contributed by atoms with Crippen LogP contribution in [0.2, 0.25) is 0 Å². The molecule has 3 heterocycles. The molecular weight excluding hydrogens is 280 g/mol. The molecule has 7 nitrogen and oxygen atoms in total.